The lowest BCUT2D eigenvalue weighted by Gasteiger charge is -2.17. The quantitative estimate of drug-likeness (QED) is 0.638. The molecule has 0 spiro atoms. The second-order valence-electron chi connectivity index (χ2n) is 3.45. The van der Waals surface area contributed by atoms with Gasteiger partial charge in [-0.3, -0.25) is 0 Å². The van der Waals surface area contributed by atoms with Gasteiger partial charge >= 0.3 is 0 Å². The molecule has 0 radical (unpaired) electrons. The molecule has 0 nitrogen and oxygen atoms in total. The standard InChI is InChI=1S/C11H13Cl3/c1-3-7(2)11(14)9-6-8(12)4-5-10(9)13/h4-7,11H,3H2,1-2H3. The van der Waals surface area contributed by atoms with Gasteiger partial charge in [0, 0.05) is 10.0 Å². The minimum Gasteiger partial charge on any atom is -0.117 e. The lowest BCUT2D eigenvalue weighted by atomic mass is 9.98. The fraction of sp³-hybridized carbons (Fsp3) is 0.455. The van der Waals surface area contributed by atoms with E-state index < -0.39 is 0 Å². The first kappa shape index (κ1) is 12.2. The van der Waals surface area contributed by atoms with E-state index in [1.54, 1.807) is 12.1 Å². The Morgan fingerprint density at radius 2 is 1.93 bits per heavy atom. The molecular formula is C11H13Cl3. The smallest absolute Gasteiger partial charge is 0.0625 e. The zero-order chi connectivity index (χ0) is 10.7. The van der Waals surface area contributed by atoms with E-state index in [1.165, 1.54) is 0 Å². The zero-order valence-electron chi connectivity index (χ0n) is 8.23. The summed E-state index contributed by atoms with van der Waals surface area (Å²) in [7, 11) is 0. The molecule has 0 heterocycles. The number of benzene rings is 1. The molecule has 0 amide bonds. The topological polar surface area (TPSA) is 0 Å². The monoisotopic (exact) mass is 250 g/mol. The average molecular weight is 252 g/mol. The Kier molecular flexibility index (Phi) is 4.56. The fourth-order valence-corrected chi connectivity index (χ4v) is 2.07. The van der Waals surface area contributed by atoms with Gasteiger partial charge in [-0.2, -0.15) is 0 Å². The molecule has 0 aliphatic carbocycles. The Labute approximate surface area is 100 Å². The van der Waals surface area contributed by atoms with E-state index in [1.807, 2.05) is 6.07 Å². The fourth-order valence-electron chi connectivity index (χ4n) is 1.24. The molecule has 0 fully saturated rings. The van der Waals surface area contributed by atoms with Gasteiger partial charge in [0.25, 0.3) is 0 Å². The number of halogens is 3. The summed E-state index contributed by atoms with van der Waals surface area (Å²) in [6, 6.07) is 5.40. The van der Waals surface area contributed by atoms with Crippen molar-refractivity contribution in [1.82, 2.24) is 0 Å². The van der Waals surface area contributed by atoms with Crippen molar-refractivity contribution in [3.63, 3.8) is 0 Å². The van der Waals surface area contributed by atoms with Crippen molar-refractivity contribution in [2.75, 3.05) is 0 Å². The highest BCUT2D eigenvalue weighted by Gasteiger charge is 2.17. The average Bonchev–Trinajstić information content (AvgIpc) is 2.19. The van der Waals surface area contributed by atoms with Gasteiger partial charge in [0.1, 0.15) is 0 Å². The minimum absolute atomic E-state index is 0.0637. The van der Waals surface area contributed by atoms with E-state index in [0.717, 1.165) is 12.0 Å². The maximum Gasteiger partial charge on any atom is 0.0625 e. The van der Waals surface area contributed by atoms with Crippen molar-refractivity contribution >= 4 is 34.8 Å². The van der Waals surface area contributed by atoms with Crippen LogP contribution in [0, 0.1) is 5.92 Å². The van der Waals surface area contributed by atoms with Crippen molar-refractivity contribution < 1.29 is 0 Å². The van der Waals surface area contributed by atoms with Gasteiger partial charge in [0.2, 0.25) is 0 Å². The molecule has 2 atom stereocenters. The van der Waals surface area contributed by atoms with Gasteiger partial charge < -0.3 is 0 Å². The van der Waals surface area contributed by atoms with Crippen LogP contribution in [0.25, 0.3) is 0 Å². The summed E-state index contributed by atoms with van der Waals surface area (Å²) in [6.07, 6.45) is 1.02. The maximum absolute atomic E-state index is 6.29. The second kappa shape index (κ2) is 5.25. The molecule has 0 saturated heterocycles. The molecule has 78 valence electrons. The van der Waals surface area contributed by atoms with E-state index in [-0.39, 0.29) is 5.38 Å². The van der Waals surface area contributed by atoms with Crippen LogP contribution in [0.1, 0.15) is 31.2 Å². The van der Waals surface area contributed by atoms with E-state index >= 15 is 0 Å². The highest BCUT2D eigenvalue weighted by atomic mass is 35.5. The highest BCUT2D eigenvalue weighted by Crippen LogP contribution is 2.36. The summed E-state index contributed by atoms with van der Waals surface area (Å²) in [5, 5.41) is 1.30. The molecule has 0 aromatic heterocycles. The highest BCUT2D eigenvalue weighted by molar-refractivity contribution is 6.34. The Balaban J connectivity index is 2.99. The first-order chi connectivity index (χ1) is 6.56. The van der Waals surface area contributed by atoms with Crippen molar-refractivity contribution in [3.8, 4) is 0 Å². The third-order valence-electron chi connectivity index (χ3n) is 2.40. The molecular weight excluding hydrogens is 238 g/mol. The minimum atomic E-state index is -0.0637. The van der Waals surface area contributed by atoms with E-state index in [9.17, 15) is 0 Å². The molecule has 1 aromatic carbocycles. The largest absolute Gasteiger partial charge is 0.117 e. The lowest BCUT2D eigenvalue weighted by Crippen LogP contribution is -2.03. The van der Waals surface area contributed by atoms with Crippen LogP contribution in [0.15, 0.2) is 18.2 Å². The summed E-state index contributed by atoms with van der Waals surface area (Å²) < 4.78 is 0. The maximum atomic E-state index is 6.29. The molecule has 0 bridgehead atoms. The predicted molar refractivity (Wildman–Crippen MR) is 64.5 cm³/mol. The van der Waals surface area contributed by atoms with Crippen LogP contribution in [-0.2, 0) is 0 Å². The van der Waals surface area contributed by atoms with E-state index in [0.29, 0.717) is 16.0 Å². The summed E-state index contributed by atoms with van der Waals surface area (Å²) in [5.41, 5.74) is 0.926. The summed E-state index contributed by atoms with van der Waals surface area (Å²) in [5.74, 6) is 0.396. The SMILES string of the molecule is CCC(C)C(Cl)c1cc(Cl)ccc1Cl. The van der Waals surface area contributed by atoms with Gasteiger partial charge in [-0.25, -0.2) is 0 Å². The van der Waals surface area contributed by atoms with Crippen molar-refractivity contribution in [3.05, 3.63) is 33.8 Å². The number of hydrogen-bond acceptors (Lipinski definition) is 0. The molecule has 0 aliphatic heterocycles. The first-order valence-corrected chi connectivity index (χ1v) is 5.84. The summed E-state index contributed by atoms with van der Waals surface area (Å²) in [6.45, 7) is 4.22. The Hall–Kier alpha value is 0.0900. The molecule has 0 saturated carbocycles. The lowest BCUT2D eigenvalue weighted by molar-refractivity contribution is 0.542. The van der Waals surface area contributed by atoms with E-state index in [4.69, 9.17) is 34.8 Å². The van der Waals surface area contributed by atoms with Gasteiger partial charge in [-0.1, -0.05) is 43.5 Å². The predicted octanol–water partition coefficient (Wildman–Crippen LogP) is 5.32. The molecule has 2 unspecified atom stereocenters. The van der Waals surface area contributed by atoms with Gasteiger partial charge in [-0.15, -0.1) is 11.6 Å². The molecule has 0 N–H and O–H groups in total. The molecule has 3 heteroatoms. The third kappa shape index (κ3) is 2.79. The normalized spacial score (nSPS) is 15.2. The van der Waals surface area contributed by atoms with Crippen LogP contribution < -0.4 is 0 Å². The van der Waals surface area contributed by atoms with E-state index in [2.05, 4.69) is 13.8 Å². The van der Waals surface area contributed by atoms with Crippen molar-refractivity contribution in [2.24, 2.45) is 5.92 Å². The van der Waals surface area contributed by atoms with Crippen LogP contribution in [0.4, 0.5) is 0 Å². The molecule has 1 aromatic rings. The van der Waals surface area contributed by atoms with Crippen molar-refractivity contribution in [1.29, 1.82) is 0 Å². The van der Waals surface area contributed by atoms with Gasteiger partial charge in [0.15, 0.2) is 0 Å². The van der Waals surface area contributed by atoms with Crippen LogP contribution in [0.2, 0.25) is 10.0 Å². The van der Waals surface area contributed by atoms with Crippen LogP contribution in [0.5, 0.6) is 0 Å². The zero-order valence-corrected chi connectivity index (χ0v) is 10.5. The Bertz CT molecular complexity index is 309. The number of hydrogen-bond donors (Lipinski definition) is 0. The Morgan fingerprint density at radius 1 is 1.29 bits per heavy atom. The van der Waals surface area contributed by atoms with Crippen LogP contribution >= 0.6 is 34.8 Å². The first-order valence-electron chi connectivity index (χ1n) is 4.65. The summed E-state index contributed by atoms with van der Waals surface area (Å²) >= 11 is 18.2. The number of rotatable bonds is 3. The van der Waals surface area contributed by atoms with Gasteiger partial charge in [-0.05, 0) is 29.7 Å². The van der Waals surface area contributed by atoms with Crippen molar-refractivity contribution in [2.45, 2.75) is 25.6 Å². The number of alkyl halides is 1. The molecule has 14 heavy (non-hydrogen) atoms. The van der Waals surface area contributed by atoms with Gasteiger partial charge in [0.05, 0.1) is 5.38 Å². The Morgan fingerprint density at radius 3 is 2.50 bits per heavy atom. The van der Waals surface area contributed by atoms with Crippen LogP contribution in [-0.4, -0.2) is 0 Å². The second-order valence-corrected chi connectivity index (χ2v) is 4.77. The van der Waals surface area contributed by atoms with Crippen LogP contribution in [0.3, 0.4) is 0 Å². The molecule has 1 rings (SSSR count). The molecule has 0 aliphatic rings. The summed E-state index contributed by atoms with van der Waals surface area (Å²) in [4.78, 5) is 0. The third-order valence-corrected chi connectivity index (χ3v) is 3.64.